The molecule has 1 aromatic carbocycles. The van der Waals surface area contributed by atoms with Crippen LogP contribution in [0.2, 0.25) is 0 Å². The highest BCUT2D eigenvalue weighted by atomic mass is 32.2. The average Bonchev–Trinajstić information content (AvgIpc) is 2.77. The van der Waals surface area contributed by atoms with Crippen LogP contribution in [0.1, 0.15) is 65.2 Å². The summed E-state index contributed by atoms with van der Waals surface area (Å²) in [7, 11) is -4.05. The fourth-order valence-electron chi connectivity index (χ4n) is 8.35. The second kappa shape index (κ2) is 8.66. The fraction of sp³-hybridized carbons (Fsp3) is 0.680. The maximum absolute atomic E-state index is 15.0. The summed E-state index contributed by atoms with van der Waals surface area (Å²) in [5.74, 6) is -1.58. The molecule has 9 nitrogen and oxygen atoms in total. The van der Waals surface area contributed by atoms with Gasteiger partial charge in [0.2, 0.25) is 15.9 Å². The Kier molecular flexibility index (Phi) is 6.12. The zero-order chi connectivity index (χ0) is 25.9. The van der Waals surface area contributed by atoms with Crippen molar-refractivity contribution in [2.24, 2.45) is 22.7 Å². The largest absolute Gasteiger partial charge is 0.332 e. The minimum absolute atomic E-state index is 0.0928. The van der Waals surface area contributed by atoms with Crippen molar-refractivity contribution < 1.29 is 27.6 Å². The highest BCUT2D eigenvalue weighted by molar-refractivity contribution is 7.89. The van der Waals surface area contributed by atoms with Crippen molar-refractivity contribution in [3.8, 4) is 0 Å². The predicted molar refractivity (Wildman–Crippen MR) is 130 cm³/mol. The number of nitrogens with one attached hydrogen (secondary N) is 3. The van der Waals surface area contributed by atoms with Crippen LogP contribution in [-0.4, -0.2) is 48.5 Å². The third-order valence-electron chi connectivity index (χ3n) is 8.70. The molecule has 1 aliphatic heterocycles. The summed E-state index contributed by atoms with van der Waals surface area (Å²) in [6.45, 7) is 4.72. The maximum atomic E-state index is 15.0. The van der Waals surface area contributed by atoms with Gasteiger partial charge in [0.05, 0.1) is 16.5 Å². The van der Waals surface area contributed by atoms with Crippen molar-refractivity contribution in [3.63, 3.8) is 0 Å². The van der Waals surface area contributed by atoms with Crippen molar-refractivity contribution in [1.82, 2.24) is 15.1 Å². The minimum Gasteiger partial charge on any atom is -0.332 e. The van der Waals surface area contributed by atoms with E-state index >= 15 is 0 Å². The molecule has 11 heteroatoms. The van der Waals surface area contributed by atoms with Crippen LogP contribution in [0.3, 0.4) is 0 Å². The van der Waals surface area contributed by atoms with Gasteiger partial charge < -0.3 is 10.6 Å². The van der Waals surface area contributed by atoms with Crippen LogP contribution in [0.5, 0.6) is 0 Å². The molecule has 0 spiro atoms. The Labute approximate surface area is 211 Å². The lowest BCUT2D eigenvalue weighted by atomic mass is 9.43. The Morgan fingerprint density at radius 3 is 2.42 bits per heavy atom. The van der Waals surface area contributed by atoms with Crippen LogP contribution in [-0.2, 0) is 14.8 Å². The molecule has 4 bridgehead atoms. The zero-order valence-electron chi connectivity index (χ0n) is 20.8. The Bertz CT molecular complexity index is 1170. The number of carbonyl (C=O) groups excluding carboxylic acids is 2. The summed E-state index contributed by atoms with van der Waals surface area (Å²) < 4.78 is 42.2. The molecule has 4 saturated carbocycles. The second-order valence-corrected chi connectivity index (χ2v) is 14.2. The monoisotopic (exact) mass is 522 g/mol. The van der Waals surface area contributed by atoms with E-state index in [1.54, 1.807) is 5.48 Å². The summed E-state index contributed by atoms with van der Waals surface area (Å²) in [5, 5.41) is 14.6. The maximum Gasteiger partial charge on any atom is 0.319 e. The number of carbonyl (C=O) groups is 2. The van der Waals surface area contributed by atoms with E-state index in [1.165, 1.54) is 31.4 Å². The van der Waals surface area contributed by atoms with Gasteiger partial charge in [-0.1, -0.05) is 13.8 Å². The minimum atomic E-state index is -4.05. The van der Waals surface area contributed by atoms with E-state index in [1.807, 2.05) is 0 Å². The second-order valence-electron chi connectivity index (χ2n) is 12.3. The molecular formula is C25H35FN4O5S. The third kappa shape index (κ3) is 4.61. The molecule has 1 aromatic rings. The van der Waals surface area contributed by atoms with Crippen LogP contribution in [0.4, 0.5) is 14.9 Å². The van der Waals surface area contributed by atoms with E-state index in [0.29, 0.717) is 18.8 Å². The lowest BCUT2D eigenvalue weighted by molar-refractivity contribution is -0.134. The first-order valence-corrected chi connectivity index (χ1v) is 14.1. The van der Waals surface area contributed by atoms with Gasteiger partial charge in [0, 0.05) is 18.6 Å². The number of piperidine rings is 1. The summed E-state index contributed by atoms with van der Waals surface area (Å²) >= 11 is 0. The number of sulfonamides is 1. The number of rotatable bonds is 5. The average molecular weight is 523 g/mol. The van der Waals surface area contributed by atoms with Crippen LogP contribution >= 0.6 is 0 Å². The van der Waals surface area contributed by atoms with E-state index in [9.17, 15) is 22.4 Å². The number of urea groups is 1. The summed E-state index contributed by atoms with van der Waals surface area (Å²) in [6, 6.07) is 2.93. The van der Waals surface area contributed by atoms with E-state index in [2.05, 4.69) is 24.5 Å². The molecule has 0 aromatic heterocycles. The molecule has 4 N–H and O–H groups in total. The predicted octanol–water partition coefficient (Wildman–Crippen LogP) is 3.60. The van der Waals surface area contributed by atoms with Gasteiger partial charge in [0.15, 0.2) is 0 Å². The van der Waals surface area contributed by atoms with Gasteiger partial charge in [-0.2, -0.15) is 4.31 Å². The first-order chi connectivity index (χ1) is 16.8. The molecule has 36 heavy (non-hydrogen) atoms. The van der Waals surface area contributed by atoms with Crippen molar-refractivity contribution >= 4 is 27.6 Å². The normalized spacial score (nSPS) is 35.9. The molecule has 5 fully saturated rings. The van der Waals surface area contributed by atoms with Crippen molar-refractivity contribution in [2.45, 2.75) is 75.6 Å². The van der Waals surface area contributed by atoms with Gasteiger partial charge in [-0.15, -0.1) is 0 Å². The van der Waals surface area contributed by atoms with E-state index in [0.717, 1.165) is 29.6 Å². The fourth-order valence-corrected chi connectivity index (χ4v) is 9.89. The van der Waals surface area contributed by atoms with Gasteiger partial charge in [-0.3, -0.25) is 10.0 Å². The van der Waals surface area contributed by atoms with Gasteiger partial charge in [0.1, 0.15) is 5.82 Å². The Hall–Kier alpha value is -2.24. The topological polar surface area (TPSA) is 128 Å². The van der Waals surface area contributed by atoms with Crippen molar-refractivity contribution in [1.29, 1.82) is 0 Å². The lowest BCUT2D eigenvalue weighted by Gasteiger charge is -2.65. The molecule has 1 saturated heterocycles. The Morgan fingerprint density at radius 2 is 1.81 bits per heavy atom. The van der Waals surface area contributed by atoms with Crippen LogP contribution in [0.15, 0.2) is 23.1 Å². The standard InChI is InChI=1S/C25H35FN4O5S/c1-23-9-16-10-24(2,13-23)15-25(11-16,14-23)28-22(32)27-20-6-5-18(8-19(20)26)36(34,35)30-7-3-4-17(12-30)21(31)29-33/h5-6,8,16-17,33H,3-4,7,9-15H2,1-2H3,(H,29,31)(H2,27,28,32)/t16?,17-,23-,24+,25?/m0/s1. The molecule has 4 aliphatic carbocycles. The van der Waals surface area contributed by atoms with E-state index in [4.69, 9.17) is 5.21 Å². The first kappa shape index (κ1) is 25.4. The first-order valence-electron chi connectivity index (χ1n) is 12.7. The molecule has 3 amide bonds. The zero-order valence-corrected chi connectivity index (χ0v) is 21.6. The number of anilines is 1. The van der Waals surface area contributed by atoms with E-state index < -0.39 is 33.7 Å². The molecule has 1 heterocycles. The van der Waals surface area contributed by atoms with Crippen molar-refractivity contribution in [3.05, 3.63) is 24.0 Å². The van der Waals surface area contributed by atoms with Crippen LogP contribution < -0.4 is 16.1 Å². The van der Waals surface area contributed by atoms with Crippen LogP contribution in [0.25, 0.3) is 0 Å². The number of hydrogen-bond acceptors (Lipinski definition) is 5. The van der Waals surface area contributed by atoms with Crippen molar-refractivity contribution in [2.75, 3.05) is 18.4 Å². The molecule has 5 aliphatic rings. The molecular weight excluding hydrogens is 487 g/mol. The number of nitrogens with zero attached hydrogens (tertiary/aromatic N) is 1. The quantitative estimate of drug-likeness (QED) is 0.347. The smallest absolute Gasteiger partial charge is 0.319 e. The van der Waals surface area contributed by atoms with Gasteiger partial charge in [-0.25, -0.2) is 23.1 Å². The molecule has 0 radical (unpaired) electrons. The molecule has 5 atom stereocenters. The molecule has 198 valence electrons. The number of benzene rings is 1. The Balaban J connectivity index is 1.27. The number of hydroxylamine groups is 1. The molecule has 2 unspecified atom stereocenters. The number of amides is 3. The highest BCUT2D eigenvalue weighted by Crippen LogP contribution is 2.66. The number of hydrogen-bond donors (Lipinski definition) is 4. The van der Waals surface area contributed by atoms with Gasteiger partial charge >= 0.3 is 6.03 Å². The van der Waals surface area contributed by atoms with E-state index in [-0.39, 0.29) is 40.0 Å². The summed E-state index contributed by atoms with van der Waals surface area (Å²) in [4.78, 5) is 24.4. The van der Waals surface area contributed by atoms with Crippen LogP contribution in [0, 0.1) is 28.5 Å². The third-order valence-corrected chi connectivity index (χ3v) is 10.6. The number of halogens is 1. The van der Waals surface area contributed by atoms with Gasteiger partial charge in [-0.05, 0) is 86.3 Å². The Morgan fingerprint density at radius 1 is 1.11 bits per heavy atom. The lowest BCUT2D eigenvalue weighted by Crippen LogP contribution is -2.65. The highest BCUT2D eigenvalue weighted by Gasteiger charge is 2.60. The SMILES string of the molecule is C[C@]12CC3CC(NC(=O)Nc4ccc(S(=O)(=O)N5CCC[C@H](C(=O)NO)C5)cc4F)(C1)C[C@@](C)(C3)C2. The summed E-state index contributed by atoms with van der Waals surface area (Å²) in [5.41, 5.74) is 1.61. The van der Waals surface area contributed by atoms with Gasteiger partial charge in [0.25, 0.3) is 0 Å². The molecule has 6 rings (SSSR count). The summed E-state index contributed by atoms with van der Waals surface area (Å²) in [6.07, 6.45) is 7.24.